The van der Waals surface area contributed by atoms with Gasteiger partial charge in [-0.25, -0.2) is 0 Å². The van der Waals surface area contributed by atoms with Gasteiger partial charge in [-0.2, -0.15) is 0 Å². The molecule has 1 aliphatic heterocycles. The SMILES string of the molecule is CC1COCCN1CCNCC(C)(C)C. The summed E-state index contributed by atoms with van der Waals surface area (Å²) in [6, 6.07) is 0.579. The Morgan fingerprint density at radius 2 is 2.13 bits per heavy atom. The second-order valence-electron chi connectivity index (χ2n) is 5.70. The number of hydrogen-bond acceptors (Lipinski definition) is 3. The molecule has 0 aliphatic carbocycles. The van der Waals surface area contributed by atoms with Crippen molar-refractivity contribution in [1.82, 2.24) is 10.2 Å². The molecule has 1 atom stereocenters. The van der Waals surface area contributed by atoms with Crippen molar-refractivity contribution in [3.63, 3.8) is 0 Å². The molecule has 0 aromatic carbocycles. The van der Waals surface area contributed by atoms with E-state index in [1.54, 1.807) is 0 Å². The molecular formula is C12H26N2O. The number of rotatable bonds is 4. The van der Waals surface area contributed by atoms with E-state index in [2.05, 4.69) is 37.9 Å². The van der Waals surface area contributed by atoms with E-state index in [-0.39, 0.29) is 0 Å². The average Bonchev–Trinajstić information content (AvgIpc) is 2.13. The first-order valence-electron chi connectivity index (χ1n) is 6.01. The molecule has 3 nitrogen and oxygen atoms in total. The minimum absolute atomic E-state index is 0.386. The topological polar surface area (TPSA) is 24.5 Å². The van der Waals surface area contributed by atoms with Crippen LogP contribution in [0.5, 0.6) is 0 Å². The molecule has 1 N–H and O–H groups in total. The maximum Gasteiger partial charge on any atom is 0.0619 e. The first-order valence-corrected chi connectivity index (χ1v) is 6.01. The molecule has 90 valence electrons. The molecule has 0 aromatic heterocycles. The molecular weight excluding hydrogens is 188 g/mol. The van der Waals surface area contributed by atoms with Gasteiger partial charge in [0.05, 0.1) is 13.2 Å². The van der Waals surface area contributed by atoms with Crippen LogP contribution in [-0.4, -0.2) is 50.3 Å². The molecule has 0 amide bonds. The zero-order chi connectivity index (χ0) is 11.3. The lowest BCUT2D eigenvalue weighted by molar-refractivity contribution is 0.000268. The van der Waals surface area contributed by atoms with E-state index in [0.717, 1.165) is 39.4 Å². The lowest BCUT2D eigenvalue weighted by atomic mass is 9.97. The van der Waals surface area contributed by atoms with Crippen LogP contribution in [0.15, 0.2) is 0 Å². The Morgan fingerprint density at radius 1 is 1.40 bits per heavy atom. The quantitative estimate of drug-likeness (QED) is 0.715. The van der Waals surface area contributed by atoms with E-state index in [1.807, 2.05) is 0 Å². The highest BCUT2D eigenvalue weighted by Crippen LogP contribution is 2.10. The summed E-state index contributed by atoms with van der Waals surface area (Å²) < 4.78 is 5.41. The minimum atomic E-state index is 0.386. The van der Waals surface area contributed by atoms with Crippen LogP contribution in [0, 0.1) is 5.41 Å². The van der Waals surface area contributed by atoms with E-state index < -0.39 is 0 Å². The van der Waals surface area contributed by atoms with Crippen molar-refractivity contribution in [2.45, 2.75) is 33.7 Å². The summed E-state index contributed by atoms with van der Waals surface area (Å²) in [6.45, 7) is 15.2. The van der Waals surface area contributed by atoms with E-state index in [1.165, 1.54) is 0 Å². The van der Waals surface area contributed by atoms with Crippen LogP contribution in [0.2, 0.25) is 0 Å². The second kappa shape index (κ2) is 5.83. The first kappa shape index (κ1) is 12.9. The van der Waals surface area contributed by atoms with Crippen molar-refractivity contribution in [1.29, 1.82) is 0 Å². The van der Waals surface area contributed by atoms with Gasteiger partial charge in [-0.3, -0.25) is 4.90 Å². The van der Waals surface area contributed by atoms with Crippen LogP contribution in [0.25, 0.3) is 0 Å². The van der Waals surface area contributed by atoms with Crippen LogP contribution in [0.3, 0.4) is 0 Å². The zero-order valence-electron chi connectivity index (χ0n) is 10.7. The summed E-state index contributed by atoms with van der Waals surface area (Å²) in [5, 5.41) is 3.51. The third-order valence-corrected chi connectivity index (χ3v) is 2.74. The second-order valence-corrected chi connectivity index (χ2v) is 5.70. The van der Waals surface area contributed by atoms with E-state index in [9.17, 15) is 0 Å². The lowest BCUT2D eigenvalue weighted by Crippen LogP contribution is -2.46. The van der Waals surface area contributed by atoms with Crippen LogP contribution < -0.4 is 5.32 Å². The van der Waals surface area contributed by atoms with Gasteiger partial charge < -0.3 is 10.1 Å². The summed E-state index contributed by atoms with van der Waals surface area (Å²) in [5.41, 5.74) is 0.386. The van der Waals surface area contributed by atoms with Crippen molar-refractivity contribution < 1.29 is 4.74 Å². The largest absolute Gasteiger partial charge is 0.379 e. The molecule has 0 bridgehead atoms. The smallest absolute Gasteiger partial charge is 0.0619 e. The Kier molecular flexibility index (Phi) is 5.03. The number of nitrogens with zero attached hydrogens (tertiary/aromatic N) is 1. The van der Waals surface area contributed by atoms with Gasteiger partial charge in [0.1, 0.15) is 0 Å². The van der Waals surface area contributed by atoms with Crippen LogP contribution >= 0.6 is 0 Å². The van der Waals surface area contributed by atoms with Gasteiger partial charge in [-0.15, -0.1) is 0 Å². The average molecular weight is 214 g/mol. The van der Waals surface area contributed by atoms with Gasteiger partial charge >= 0.3 is 0 Å². The lowest BCUT2D eigenvalue weighted by Gasteiger charge is -2.33. The van der Waals surface area contributed by atoms with Gasteiger partial charge in [-0.05, 0) is 12.3 Å². The van der Waals surface area contributed by atoms with Crippen molar-refractivity contribution in [3.05, 3.63) is 0 Å². The monoisotopic (exact) mass is 214 g/mol. The molecule has 1 rings (SSSR count). The molecule has 1 aliphatic rings. The predicted molar refractivity (Wildman–Crippen MR) is 64.2 cm³/mol. The number of hydrogen-bond donors (Lipinski definition) is 1. The van der Waals surface area contributed by atoms with Crippen LogP contribution in [0.4, 0.5) is 0 Å². The summed E-state index contributed by atoms with van der Waals surface area (Å²) in [7, 11) is 0. The number of ether oxygens (including phenoxy) is 1. The van der Waals surface area contributed by atoms with Gasteiger partial charge in [0.15, 0.2) is 0 Å². The molecule has 0 aromatic rings. The normalized spacial score (nSPS) is 24.4. The summed E-state index contributed by atoms with van der Waals surface area (Å²) in [6.07, 6.45) is 0. The molecule has 0 spiro atoms. The third kappa shape index (κ3) is 5.50. The molecule has 1 heterocycles. The minimum Gasteiger partial charge on any atom is -0.379 e. The fourth-order valence-corrected chi connectivity index (χ4v) is 1.78. The number of morpholine rings is 1. The Bertz CT molecular complexity index is 177. The van der Waals surface area contributed by atoms with Crippen molar-refractivity contribution in [2.24, 2.45) is 5.41 Å². The van der Waals surface area contributed by atoms with Crippen molar-refractivity contribution in [3.8, 4) is 0 Å². The standard InChI is InChI=1S/C12H26N2O/c1-11-9-15-8-7-14(11)6-5-13-10-12(2,3)4/h11,13H,5-10H2,1-4H3. The molecule has 3 heteroatoms. The highest BCUT2D eigenvalue weighted by Gasteiger charge is 2.18. The van der Waals surface area contributed by atoms with Gasteiger partial charge in [0, 0.05) is 32.2 Å². The third-order valence-electron chi connectivity index (χ3n) is 2.74. The van der Waals surface area contributed by atoms with Crippen LogP contribution in [-0.2, 0) is 4.74 Å². The van der Waals surface area contributed by atoms with Crippen molar-refractivity contribution >= 4 is 0 Å². The van der Waals surface area contributed by atoms with Crippen LogP contribution in [0.1, 0.15) is 27.7 Å². The van der Waals surface area contributed by atoms with Gasteiger partial charge in [0.25, 0.3) is 0 Å². The molecule has 1 fully saturated rings. The molecule has 0 radical (unpaired) electrons. The van der Waals surface area contributed by atoms with E-state index in [0.29, 0.717) is 11.5 Å². The number of nitrogens with one attached hydrogen (secondary N) is 1. The Hall–Kier alpha value is -0.120. The summed E-state index contributed by atoms with van der Waals surface area (Å²) >= 11 is 0. The highest BCUT2D eigenvalue weighted by molar-refractivity contribution is 4.72. The van der Waals surface area contributed by atoms with Crippen molar-refractivity contribution in [2.75, 3.05) is 39.4 Å². The maximum atomic E-state index is 5.41. The zero-order valence-corrected chi connectivity index (χ0v) is 10.7. The Morgan fingerprint density at radius 3 is 2.73 bits per heavy atom. The van der Waals surface area contributed by atoms with Gasteiger partial charge in [-0.1, -0.05) is 20.8 Å². The Labute approximate surface area is 94.2 Å². The predicted octanol–water partition coefficient (Wildman–Crippen LogP) is 1.34. The van der Waals surface area contributed by atoms with E-state index in [4.69, 9.17) is 4.74 Å². The molecule has 1 unspecified atom stereocenters. The highest BCUT2D eigenvalue weighted by atomic mass is 16.5. The fourth-order valence-electron chi connectivity index (χ4n) is 1.78. The van der Waals surface area contributed by atoms with E-state index >= 15 is 0 Å². The first-order chi connectivity index (χ1) is 6.99. The summed E-state index contributed by atoms with van der Waals surface area (Å²) in [4.78, 5) is 2.50. The molecule has 15 heavy (non-hydrogen) atoms. The summed E-state index contributed by atoms with van der Waals surface area (Å²) in [5.74, 6) is 0. The fraction of sp³-hybridized carbons (Fsp3) is 1.00. The molecule has 0 saturated carbocycles. The Balaban J connectivity index is 2.08. The maximum absolute atomic E-state index is 5.41. The molecule has 1 saturated heterocycles. The van der Waals surface area contributed by atoms with Gasteiger partial charge in [0.2, 0.25) is 0 Å².